The second-order valence-electron chi connectivity index (χ2n) is 3.68. The molecular formula is C10H11N5O. The van der Waals surface area contributed by atoms with Gasteiger partial charge in [0, 0.05) is 5.69 Å². The Hall–Kier alpha value is -1.95. The van der Waals surface area contributed by atoms with Crippen molar-refractivity contribution in [2.45, 2.75) is 6.04 Å². The van der Waals surface area contributed by atoms with Gasteiger partial charge in [-0.05, 0) is 28.6 Å². The van der Waals surface area contributed by atoms with Crippen LogP contribution in [0.25, 0.3) is 5.69 Å². The van der Waals surface area contributed by atoms with Crippen LogP contribution < -0.4 is 5.32 Å². The summed E-state index contributed by atoms with van der Waals surface area (Å²) in [6.07, 6.45) is 1.57. The van der Waals surface area contributed by atoms with E-state index in [-0.39, 0.29) is 0 Å². The van der Waals surface area contributed by atoms with E-state index in [1.54, 1.807) is 11.0 Å². The van der Waals surface area contributed by atoms with Crippen molar-refractivity contribution in [3.8, 4) is 5.69 Å². The number of nitrogens with zero attached hydrogens (tertiary/aromatic N) is 4. The fourth-order valence-electron chi connectivity index (χ4n) is 1.57. The predicted octanol–water partition coefficient (Wildman–Crippen LogP) is 0.473. The van der Waals surface area contributed by atoms with E-state index in [1.165, 1.54) is 0 Å². The van der Waals surface area contributed by atoms with Crippen molar-refractivity contribution in [1.82, 2.24) is 20.2 Å². The Morgan fingerprint density at radius 1 is 1.38 bits per heavy atom. The molecule has 16 heavy (non-hydrogen) atoms. The maximum Gasteiger partial charge on any atom is 0.143 e. The molecule has 0 unspecified atom stereocenters. The van der Waals surface area contributed by atoms with Gasteiger partial charge < -0.3 is 10.1 Å². The summed E-state index contributed by atoms with van der Waals surface area (Å²) in [6.45, 7) is 1.55. The minimum absolute atomic E-state index is 0.420. The van der Waals surface area contributed by atoms with Gasteiger partial charge in [-0.15, -0.1) is 5.10 Å². The van der Waals surface area contributed by atoms with Gasteiger partial charge in [0.25, 0.3) is 0 Å². The van der Waals surface area contributed by atoms with E-state index in [9.17, 15) is 0 Å². The molecule has 0 bridgehead atoms. The van der Waals surface area contributed by atoms with Crippen LogP contribution in [0.1, 0.15) is 0 Å². The monoisotopic (exact) mass is 217 g/mol. The minimum atomic E-state index is 0.420. The number of hydrogen-bond donors (Lipinski definition) is 1. The largest absolute Gasteiger partial charge is 0.378 e. The van der Waals surface area contributed by atoms with Crippen molar-refractivity contribution < 1.29 is 4.74 Å². The van der Waals surface area contributed by atoms with Crippen molar-refractivity contribution >= 4 is 5.69 Å². The van der Waals surface area contributed by atoms with Crippen LogP contribution in [0.2, 0.25) is 0 Å². The van der Waals surface area contributed by atoms with Crippen LogP contribution in [0.5, 0.6) is 0 Å². The molecule has 1 saturated heterocycles. The topological polar surface area (TPSA) is 64.9 Å². The van der Waals surface area contributed by atoms with E-state index in [0.29, 0.717) is 6.04 Å². The zero-order valence-electron chi connectivity index (χ0n) is 8.58. The van der Waals surface area contributed by atoms with Gasteiger partial charge >= 0.3 is 0 Å². The van der Waals surface area contributed by atoms with Crippen LogP contribution in [-0.4, -0.2) is 39.5 Å². The van der Waals surface area contributed by atoms with Gasteiger partial charge in [-0.3, -0.25) is 0 Å². The predicted molar refractivity (Wildman–Crippen MR) is 57.4 cm³/mol. The van der Waals surface area contributed by atoms with E-state index in [4.69, 9.17) is 4.74 Å². The molecule has 0 atom stereocenters. The molecule has 1 N–H and O–H groups in total. The number of anilines is 1. The van der Waals surface area contributed by atoms with Crippen molar-refractivity contribution in [1.29, 1.82) is 0 Å². The molecule has 0 amide bonds. The first-order valence-electron chi connectivity index (χ1n) is 5.09. The van der Waals surface area contributed by atoms with Crippen molar-refractivity contribution in [3.63, 3.8) is 0 Å². The molecule has 82 valence electrons. The molecule has 1 fully saturated rings. The fourth-order valence-corrected chi connectivity index (χ4v) is 1.57. The molecule has 0 saturated carbocycles. The summed E-state index contributed by atoms with van der Waals surface area (Å²) in [5.41, 5.74) is 2.00. The normalized spacial score (nSPS) is 15.8. The van der Waals surface area contributed by atoms with E-state index in [2.05, 4.69) is 20.8 Å². The van der Waals surface area contributed by atoms with E-state index in [0.717, 1.165) is 24.6 Å². The van der Waals surface area contributed by atoms with Gasteiger partial charge in [0.2, 0.25) is 0 Å². The summed E-state index contributed by atoms with van der Waals surface area (Å²) in [5.74, 6) is 0. The SMILES string of the molecule is c1cc(NC2COC2)cc(-n2cnnn2)c1. The zero-order valence-corrected chi connectivity index (χ0v) is 8.58. The Morgan fingerprint density at radius 3 is 3.00 bits per heavy atom. The Morgan fingerprint density at radius 2 is 2.31 bits per heavy atom. The third kappa shape index (κ3) is 1.74. The molecule has 0 spiro atoms. The maximum absolute atomic E-state index is 5.11. The number of tetrazole rings is 1. The Labute approximate surface area is 92.2 Å². The lowest BCUT2D eigenvalue weighted by atomic mass is 10.2. The molecule has 3 rings (SSSR count). The summed E-state index contributed by atoms with van der Waals surface area (Å²) in [7, 11) is 0. The Kier molecular flexibility index (Phi) is 2.26. The quantitative estimate of drug-likeness (QED) is 0.809. The summed E-state index contributed by atoms with van der Waals surface area (Å²) in [6, 6.07) is 8.38. The number of rotatable bonds is 3. The third-order valence-electron chi connectivity index (χ3n) is 2.47. The fraction of sp³-hybridized carbons (Fsp3) is 0.300. The highest BCUT2D eigenvalue weighted by molar-refractivity contribution is 5.51. The summed E-state index contributed by atoms with van der Waals surface area (Å²) in [4.78, 5) is 0. The van der Waals surface area contributed by atoms with E-state index in [1.807, 2.05) is 24.3 Å². The van der Waals surface area contributed by atoms with E-state index >= 15 is 0 Å². The first kappa shape index (κ1) is 9.29. The number of ether oxygens (including phenoxy) is 1. The van der Waals surface area contributed by atoms with Crippen molar-refractivity contribution in [2.24, 2.45) is 0 Å². The summed E-state index contributed by atoms with van der Waals surface area (Å²) < 4.78 is 6.74. The molecule has 1 aromatic carbocycles. The second kappa shape index (κ2) is 3.90. The summed E-state index contributed by atoms with van der Waals surface area (Å²) in [5, 5.41) is 14.4. The smallest absolute Gasteiger partial charge is 0.143 e. The lowest BCUT2D eigenvalue weighted by Gasteiger charge is -2.27. The molecule has 1 aromatic heterocycles. The number of benzene rings is 1. The van der Waals surface area contributed by atoms with Crippen LogP contribution in [0.15, 0.2) is 30.6 Å². The zero-order chi connectivity index (χ0) is 10.8. The number of hydrogen-bond acceptors (Lipinski definition) is 5. The molecule has 1 aliphatic rings. The van der Waals surface area contributed by atoms with Gasteiger partial charge in [-0.1, -0.05) is 6.07 Å². The highest BCUT2D eigenvalue weighted by Crippen LogP contribution is 2.16. The molecule has 1 aliphatic heterocycles. The molecule has 2 heterocycles. The average molecular weight is 217 g/mol. The highest BCUT2D eigenvalue weighted by atomic mass is 16.5. The Bertz CT molecular complexity index is 466. The number of nitrogens with one attached hydrogen (secondary N) is 1. The molecular weight excluding hydrogens is 206 g/mol. The van der Waals surface area contributed by atoms with Crippen LogP contribution in [0.3, 0.4) is 0 Å². The summed E-state index contributed by atoms with van der Waals surface area (Å²) >= 11 is 0. The maximum atomic E-state index is 5.11. The van der Waals surface area contributed by atoms with Gasteiger partial charge in [-0.2, -0.15) is 0 Å². The second-order valence-corrected chi connectivity index (χ2v) is 3.68. The van der Waals surface area contributed by atoms with Gasteiger partial charge in [0.1, 0.15) is 6.33 Å². The van der Waals surface area contributed by atoms with Gasteiger partial charge in [-0.25, -0.2) is 4.68 Å². The molecule has 0 radical (unpaired) electrons. The third-order valence-corrected chi connectivity index (χ3v) is 2.47. The van der Waals surface area contributed by atoms with Crippen molar-refractivity contribution in [2.75, 3.05) is 18.5 Å². The first-order valence-corrected chi connectivity index (χ1v) is 5.09. The first-order chi connectivity index (χ1) is 7.92. The van der Waals surface area contributed by atoms with Crippen LogP contribution in [-0.2, 0) is 4.74 Å². The Balaban J connectivity index is 1.82. The molecule has 0 aliphatic carbocycles. The minimum Gasteiger partial charge on any atom is -0.378 e. The number of aromatic nitrogens is 4. The van der Waals surface area contributed by atoms with Crippen LogP contribution in [0.4, 0.5) is 5.69 Å². The van der Waals surface area contributed by atoms with E-state index < -0.39 is 0 Å². The van der Waals surface area contributed by atoms with Crippen LogP contribution in [0, 0.1) is 0 Å². The standard InChI is InChI=1S/C10H11N5O/c1-2-8(12-9-5-16-6-9)4-10(3-1)15-7-11-13-14-15/h1-4,7,9,12H,5-6H2. The van der Waals surface area contributed by atoms with Crippen molar-refractivity contribution in [3.05, 3.63) is 30.6 Å². The van der Waals surface area contributed by atoms with Crippen LogP contribution >= 0.6 is 0 Å². The highest BCUT2D eigenvalue weighted by Gasteiger charge is 2.17. The average Bonchev–Trinajstić information content (AvgIpc) is 2.77. The van der Waals surface area contributed by atoms with Gasteiger partial charge in [0.05, 0.1) is 24.9 Å². The molecule has 2 aromatic rings. The lowest BCUT2D eigenvalue weighted by molar-refractivity contribution is 0.0211. The molecule has 6 nitrogen and oxygen atoms in total. The molecule has 6 heteroatoms. The van der Waals surface area contributed by atoms with Gasteiger partial charge in [0.15, 0.2) is 0 Å². The lowest BCUT2D eigenvalue weighted by Crippen LogP contribution is -2.40.